The van der Waals surface area contributed by atoms with Crippen molar-refractivity contribution in [2.24, 2.45) is 11.6 Å². The molecule has 0 saturated carbocycles. The van der Waals surface area contributed by atoms with E-state index in [1.165, 1.54) is 0 Å². The van der Waals surface area contributed by atoms with Gasteiger partial charge in [-0.1, -0.05) is 12.1 Å². The van der Waals surface area contributed by atoms with Gasteiger partial charge in [0.2, 0.25) is 0 Å². The number of hydrogen-bond acceptors (Lipinski definition) is 5. The topological polar surface area (TPSA) is 122 Å². The van der Waals surface area contributed by atoms with Crippen LogP contribution in [-0.4, -0.2) is 11.8 Å². The second kappa shape index (κ2) is 5.52. The number of primary amides is 1. The van der Waals surface area contributed by atoms with Gasteiger partial charge in [0.1, 0.15) is 4.88 Å². The lowest BCUT2D eigenvalue weighted by Crippen LogP contribution is -2.31. The van der Waals surface area contributed by atoms with Crippen LogP contribution in [0.4, 0.5) is 0 Å². The van der Waals surface area contributed by atoms with Gasteiger partial charge in [0.05, 0.1) is 17.2 Å². The molecule has 5 N–H and O–H groups in total. The number of benzene rings is 1. The molecule has 100 valence electrons. The molecule has 0 aliphatic rings. The zero-order valence-corrected chi connectivity index (χ0v) is 11.0. The summed E-state index contributed by atoms with van der Waals surface area (Å²) in [4.78, 5) is 23.8. The van der Waals surface area contributed by atoms with Crippen molar-refractivity contribution in [2.45, 2.75) is 0 Å². The number of thiophene rings is 1. The Labute approximate surface area is 118 Å². The largest absolute Gasteiger partial charge is 0.365 e. The molecule has 2 aromatic rings. The Balaban J connectivity index is 2.50. The van der Waals surface area contributed by atoms with Crippen molar-refractivity contribution in [1.82, 2.24) is 5.43 Å². The fourth-order valence-corrected chi connectivity index (χ4v) is 2.68. The van der Waals surface area contributed by atoms with Crippen LogP contribution in [0, 0.1) is 11.3 Å². The number of carbonyl (C=O) groups excluding carboxylic acids is 2. The van der Waals surface area contributed by atoms with Crippen LogP contribution in [-0.2, 0) is 0 Å². The third-order valence-corrected chi connectivity index (χ3v) is 3.83. The molecular weight excluding hydrogens is 276 g/mol. The highest BCUT2D eigenvalue weighted by Crippen LogP contribution is 2.31. The van der Waals surface area contributed by atoms with Gasteiger partial charge in [0.25, 0.3) is 11.8 Å². The maximum absolute atomic E-state index is 11.6. The van der Waals surface area contributed by atoms with Crippen LogP contribution in [0.3, 0.4) is 0 Å². The second-order valence-corrected chi connectivity index (χ2v) is 4.93. The van der Waals surface area contributed by atoms with E-state index >= 15 is 0 Å². The van der Waals surface area contributed by atoms with E-state index in [4.69, 9.17) is 16.8 Å². The summed E-state index contributed by atoms with van der Waals surface area (Å²) < 4.78 is 0. The number of hydrogen-bond donors (Lipinski definition) is 3. The Morgan fingerprint density at radius 3 is 2.40 bits per heavy atom. The molecule has 0 radical (unpaired) electrons. The zero-order chi connectivity index (χ0) is 14.7. The van der Waals surface area contributed by atoms with Gasteiger partial charge in [-0.25, -0.2) is 5.84 Å². The molecular formula is C13H10N4O2S. The number of carbonyl (C=O) groups is 2. The van der Waals surface area contributed by atoms with E-state index in [9.17, 15) is 9.59 Å². The fraction of sp³-hybridized carbons (Fsp3) is 0. The van der Waals surface area contributed by atoms with Crippen LogP contribution in [0.25, 0.3) is 10.4 Å². The number of amides is 2. The van der Waals surface area contributed by atoms with Crippen molar-refractivity contribution >= 4 is 23.2 Å². The van der Waals surface area contributed by atoms with Crippen LogP contribution in [0.5, 0.6) is 0 Å². The van der Waals surface area contributed by atoms with Gasteiger partial charge >= 0.3 is 0 Å². The number of hydrazine groups is 1. The number of nitrogens with one attached hydrogen (secondary N) is 1. The molecule has 1 heterocycles. The molecule has 0 saturated heterocycles. The van der Waals surface area contributed by atoms with E-state index < -0.39 is 11.8 Å². The molecule has 0 aliphatic heterocycles. The minimum absolute atomic E-state index is 0.143. The van der Waals surface area contributed by atoms with E-state index in [1.807, 2.05) is 11.5 Å². The Bertz CT molecular complexity index is 713. The van der Waals surface area contributed by atoms with E-state index in [1.54, 1.807) is 30.3 Å². The number of nitrogens with two attached hydrogens (primary N) is 2. The van der Waals surface area contributed by atoms with Gasteiger partial charge in [-0.05, 0) is 23.8 Å². The van der Waals surface area contributed by atoms with Crippen molar-refractivity contribution in [3.8, 4) is 16.5 Å². The van der Waals surface area contributed by atoms with Gasteiger partial charge in [0, 0.05) is 4.88 Å². The first kappa shape index (κ1) is 13.7. The van der Waals surface area contributed by atoms with Gasteiger partial charge < -0.3 is 5.73 Å². The number of nitriles is 1. The second-order valence-electron chi connectivity index (χ2n) is 3.88. The third-order valence-electron chi connectivity index (χ3n) is 2.63. The third kappa shape index (κ3) is 2.51. The van der Waals surface area contributed by atoms with Crippen molar-refractivity contribution in [3.05, 3.63) is 46.3 Å². The normalized spacial score (nSPS) is 9.80. The summed E-state index contributed by atoms with van der Waals surface area (Å²) in [6.45, 7) is 0. The first-order valence-electron chi connectivity index (χ1n) is 5.52. The minimum atomic E-state index is -0.687. The lowest BCUT2D eigenvalue weighted by molar-refractivity contribution is 0.0938. The van der Waals surface area contributed by atoms with Crippen LogP contribution in [0.2, 0.25) is 0 Å². The molecule has 1 aromatic carbocycles. The van der Waals surface area contributed by atoms with Crippen molar-refractivity contribution < 1.29 is 9.59 Å². The Kier molecular flexibility index (Phi) is 3.79. The lowest BCUT2D eigenvalue weighted by Gasteiger charge is -1.97. The monoisotopic (exact) mass is 286 g/mol. The maximum Gasteiger partial charge on any atom is 0.266 e. The molecule has 2 rings (SSSR count). The summed E-state index contributed by atoms with van der Waals surface area (Å²) in [7, 11) is 0. The SMILES string of the molecule is N#Cc1ccc(-c2cc(C(=O)NN)c(C(N)=O)s2)cc1. The Morgan fingerprint density at radius 2 is 1.90 bits per heavy atom. The highest BCUT2D eigenvalue weighted by Gasteiger charge is 2.19. The molecule has 0 unspecified atom stereocenters. The van der Waals surface area contributed by atoms with Gasteiger partial charge in [0.15, 0.2) is 0 Å². The first-order valence-corrected chi connectivity index (χ1v) is 6.33. The molecule has 0 atom stereocenters. The molecule has 20 heavy (non-hydrogen) atoms. The summed E-state index contributed by atoms with van der Waals surface area (Å²) in [5.41, 5.74) is 8.68. The van der Waals surface area contributed by atoms with Crippen LogP contribution >= 0.6 is 11.3 Å². The number of nitrogen functional groups attached to an aromatic ring is 1. The fourth-order valence-electron chi connectivity index (χ4n) is 1.67. The van der Waals surface area contributed by atoms with Crippen molar-refractivity contribution in [1.29, 1.82) is 5.26 Å². The van der Waals surface area contributed by atoms with E-state index in [-0.39, 0.29) is 10.4 Å². The summed E-state index contributed by atoms with van der Waals surface area (Å²) in [5.74, 6) is 3.82. The highest BCUT2D eigenvalue weighted by molar-refractivity contribution is 7.17. The average Bonchev–Trinajstić information content (AvgIpc) is 2.92. The quantitative estimate of drug-likeness (QED) is 0.442. The van der Waals surface area contributed by atoms with E-state index in [0.29, 0.717) is 10.4 Å². The molecule has 6 nitrogen and oxygen atoms in total. The molecule has 1 aromatic heterocycles. The van der Waals surface area contributed by atoms with E-state index in [2.05, 4.69) is 0 Å². The molecule has 0 aliphatic carbocycles. The van der Waals surface area contributed by atoms with Crippen molar-refractivity contribution in [2.75, 3.05) is 0 Å². The summed E-state index contributed by atoms with van der Waals surface area (Å²) in [6, 6.07) is 10.3. The summed E-state index contributed by atoms with van der Waals surface area (Å²) in [5, 5.41) is 8.75. The minimum Gasteiger partial charge on any atom is -0.365 e. The molecule has 0 fully saturated rings. The summed E-state index contributed by atoms with van der Waals surface area (Å²) in [6.07, 6.45) is 0. The van der Waals surface area contributed by atoms with Gasteiger partial charge in [-0.2, -0.15) is 5.26 Å². The van der Waals surface area contributed by atoms with Crippen LogP contribution in [0.15, 0.2) is 30.3 Å². The van der Waals surface area contributed by atoms with Crippen LogP contribution < -0.4 is 17.0 Å². The Morgan fingerprint density at radius 1 is 1.25 bits per heavy atom. The zero-order valence-electron chi connectivity index (χ0n) is 10.2. The molecule has 0 bridgehead atoms. The molecule has 7 heteroatoms. The standard InChI is InChI=1S/C13H10N4O2S/c14-6-7-1-3-8(4-2-7)10-5-9(13(19)17-16)11(20-10)12(15)18/h1-5H,16H2,(H2,15,18)(H,17,19). The highest BCUT2D eigenvalue weighted by atomic mass is 32.1. The number of nitrogens with zero attached hydrogens (tertiary/aromatic N) is 1. The predicted octanol–water partition coefficient (Wildman–Crippen LogP) is 0.989. The number of rotatable bonds is 3. The van der Waals surface area contributed by atoms with Gasteiger partial charge in [-0.3, -0.25) is 15.0 Å². The Hall–Kier alpha value is -2.69. The first-order chi connectivity index (χ1) is 9.56. The lowest BCUT2D eigenvalue weighted by atomic mass is 10.1. The molecule has 0 spiro atoms. The average molecular weight is 286 g/mol. The predicted molar refractivity (Wildman–Crippen MR) is 74.6 cm³/mol. The maximum atomic E-state index is 11.6. The van der Waals surface area contributed by atoms with Crippen molar-refractivity contribution in [3.63, 3.8) is 0 Å². The smallest absolute Gasteiger partial charge is 0.266 e. The summed E-state index contributed by atoms with van der Waals surface area (Å²) >= 11 is 1.10. The van der Waals surface area contributed by atoms with E-state index in [0.717, 1.165) is 16.9 Å². The molecule has 2 amide bonds. The van der Waals surface area contributed by atoms with Crippen LogP contribution in [0.1, 0.15) is 25.6 Å². The van der Waals surface area contributed by atoms with Gasteiger partial charge in [-0.15, -0.1) is 11.3 Å².